The van der Waals surface area contributed by atoms with E-state index in [-0.39, 0.29) is 17.8 Å². The minimum atomic E-state index is -4.79. The third-order valence-electron chi connectivity index (χ3n) is 5.37. The quantitative estimate of drug-likeness (QED) is 0.808. The molecular formula is C18H19F3N4O4. The number of amides is 1. The van der Waals surface area contributed by atoms with Gasteiger partial charge in [-0.15, -0.1) is 0 Å². The number of carbonyl (C=O) groups is 1. The van der Waals surface area contributed by atoms with Crippen molar-refractivity contribution >= 4 is 6.09 Å². The second-order valence-electron chi connectivity index (χ2n) is 7.10. The minimum Gasteiger partial charge on any atom is -0.495 e. The molecule has 2 fully saturated rings. The highest BCUT2D eigenvalue weighted by molar-refractivity contribution is 5.69. The number of pyridine rings is 1. The zero-order valence-electron chi connectivity index (χ0n) is 15.4. The zero-order chi connectivity index (χ0) is 20.8. The van der Waals surface area contributed by atoms with Crippen LogP contribution in [0, 0.1) is 11.8 Å². The Morgan fingerprint density at radius 2 is 2.03 bits per heavy atom. The standard InChI is InChI=1S/C18H19F3N4O4/c1-28-10-2-3-15(22-6-10)25-5-4-13(23-25)16-11-7-24(8-12(11)16)17(27)29-14(9-26)18(19,20)21/h2-6,11-12,14,16,26H,7-9H2,1H3/t11-,12?,14-,16?/m1/s1. The summed E-state index contributed by atoms with van der Waals surface area (Å²) < 4.78 is 49.1. The predicted molar refractivity (Wildman–Crippen MR) is 92.6 cm³/mol. The first-order valence-electron chi connectivity index (χ1n) is 9.01. The highest BCUT2D eigenvalue weighted by Gasteiger charge is 2.59. The molecule has 2 aromatic heterocycles. The number of methoxy groups -OCH3 is 1. The maximum atomic E-state index is 12.6. The van der Waals surface area contributed by atoms with Gasteiger partial charge in [0.05, 0.1) is 25.6 Å². The first kappa shape index (κ1) is 19.5. The molecule has 1 aliphatic heterocycles. The predicted octanol–water partition coefficient (Wildman–Crippen LogP) is 1.98. The van der Waals surface area contributed by atoms with Crippen LogP contribution in [-0.4, -0.2) is 70.0 Å². The van der Waals surface area contributed by atoms with Crippen molar-refractivity contribution in [3.05, 3.63) is 36.3 Å². The van der Waals surface area contributed by atoms with E-state index in [2.05, 4.69) is 14.8 Å². The van der Waals surface area contributed by atoms with Gasteiger partial charge in [0, 0.05) is 25.2 Å². The molecular weight excluding hydrogens is 393 g/mol. The number of aliphatic hydroxyl groups excluding tert-OH is 1. The fraction of sp³-hybridized carbons (Fsp3) is 0.500. The number of piperidine rings is 1. The second-order valence-corrected chi connectivity index (χ2v) is 7.10. The summed E-state index contributed by atoms with van der Waals surface area (Å²) in [6.07, 6.45) is -4.97. The van der Waals surface area contributed by atoms with Gasteiger partial charge < -0.3 is 19.5 Å². The molecule has 1 amide bonds. The lowest BCUT2D eigenvalue weighted by Crippen LogP contribution is -2.42. The van der Waals surface area contributed by atoms with E-state index in [0.717, 1.165) is 5.69 Å². The summed E-state index contributed by atoms with van der Waals surface area (Å²) in [6.45, 7) is -0.689. The molecule has 0 aromatic carbocycles. The van der Waals surface area contributed by atoms with Crippen molar-refractivity contribution in [3.63, 3.8) is 0 Å². The highest BCUT2D eigenvalue weighted by Crippen LogP contribution is 2.57. The van der Waals surface area contributed by atoms with Gasteiger partial charge in [0.2, 0.25) is 6.10 Å². The molecule has 0 spiro atoms. The van der Waals surface area contributed by atoms with Crippen LogP contribution in [0.1, 0.15) is 11.6 Å². The first-order valence-corrected chi connectivity index (χ1v) is 9.01. The van der Waals surface area contributed by atoms with E-state index in [0.29, 0.717) is 24.7 Å². The highest BCUT2D eigenvalue weighted by atomic mass is 19.4. The molecule has 1 saturated heterocycles. The average molecular weight is 412 g/mol. The summed E-state index contributed by atoms with van der Waals surface area (Å²) >= 11 is 0. The molecule has 3 heterocycles. The van der Waals surface area contributed by atoms with E-state index in [1.54, 1.807) is 36.3 Å². The molecule has 11 heteroatoms. The van der Waals surface area contributed by atoms with Crippen molar-refractivity contribution in [2.45, 2.75) is 18.2 Å². The van der Waals surface area contributed by atoms with E-state index in [1.165, 1.54) is 4.90 Å². The van der Waals surface area contributed by atoms with E-state index in [1.807, 2.05) is 6.07 Å². The number of halogens is 3. The molecule has 2 aromatic rings. The smallest absolute Gasteiger partial charge is 0.427 e. The monoisotopic (exact) mass is 412 g/mol. The summed E-state index contributed by atoms with van der Waals surface area (Å²) in [5.74, 6) is 1.69. The number of likely N-dealkylation sites (tertiary alicyclic amines) is 1. The molecule has 2 unspecified atom stereocenters. The van der Waals surface area contributed by atoms with Gasteiger partial charge >= 0.3 is 12.3 Å². The molecule has 2 aliphatic rings. The lowest BCUT2D eigenvalue weighted by Gasteiger charge is -2.24. The zero-order valence-corrected chi connectivity index (χ0v) is 15.4. The number of aromatic nitrogens is 3. The molecule has 4 rings (SSSR count). The van der Waals surface area contributed by atoms with Gasteiger partial charge in [0.25, 0.3) is 0 Å². The molecule has 0 radical (unpaired) electrons. The number of alkyl halides is 3. The van der Waals surface area contributed by atoms with Crippen molar-refractivity contribution in [3.8, 4) is 11.6 Å². The number of hydrogen-bond acceptors (Lipinski definition) is 6. The maximum absolute atomic E-state index is 12.6. The summed E-state index contributed by atoms with van der Waals surface area (Å²) in [6, 6.07) is 5.43. The average Bonchev–Trinajstić information content (AvgIpc) is 3.07. The van der Waals surface area contributed by atoms with Gasteiger partial charge in [-0.3, -0.25) is 0 Å². The molecule has 1 saturated carbocycles. The second kappa shape index (κ2) is 7.21. The molecule has 4 atom stereocenters. The summed E-state index contributed by atoms with van der Waals surface area (Å²) in [5, 5.41) is 13.3. The topological polar surface area (TPSA) is 89.7 Å². The Morgan fingerprint density at radius 3 is 2.59 bits per heavy atom. The fourth-order valence-corrected chi connectivity index (χ4v) is 3.79. The van der Waals surface area contributed by atoms with Gasteiger partial charge in [0.1, 0.15) is 5.75 Å². The first-order chi connectivity index (χ1) is 13.8. The number of ether oxygens (including phenoxy) is 2. The van der Waals surface area contributed by atoms with Gasteiger partial charge in [0.15, 0.2) is 5.82 Å². The third-order valence-corrected chi connectivity index (χ3v) is 5.37. The Labute approximate surface area is 163 Å². The van der Waals surface area contributed by atoms with Crippen LogP contribution >= 0.6 is 0 Å². The van der Waals surface area contributed by atoms with Crippen molar-refractivity contribution in [2.24, 2.45) is 11.8 Å². The summed E-state index contributed by atoms with van der Waals surface area (Å²) in [5.41, 5.74) is 0.856. The lowest BCUT2D eigenvalue weighted by atomic mass is 10.2. The Hall–Kier alpha value is -2.82. The number of carbonyl (C=O) groups excluding carboxylic acids is 1. The SMILES string of the molecule is COc1ccc(-n2ccc(C3C4CN(C(=O)O[C@H](CO)C(F)(F)F)C[C@H]43)n2)nc1. The van der Waals surface area contributed by atoms with Crippen molar-refractivity contribution in [1.29, 1.82) is 0 Å². The van der Waals surface area contributed by atoms with Gasteiger partial charge in [-0.25, -0.2) is 14.5 Å². The van der Waals surface area contributed by atoms with Gasteiger partial charge in [-0.05, 0) is 30.0 Å². The Kier molecular flexibility index (Phi) is 4.85. The summed E-state index contributed by atoms with van der Waals surface area (Å²) in [4.78, 5) is 17.5. The number of rotatable bonds is 5. The molecule has 29 heavy (non-hydrogen) atoms. The number of aliphatic hydroxyl groups is 1. The normalized spacial score (nSPS) is 24.2. The van der Waals surface area contributed by atoms with Crippen LogP contribution in [0.15, 0.2) is 30.6 Å². The van der Waals surface area contributed by atoms with Crippen LogP contribution in [0.25, 0.3) is 5.82 Å². The molecule has 8 nitrogen and oxygen atoms in total. The van der Waals surface area contributed by atoms with Crippen molar-refractivity contribution in [2.75, 3.05) is 26.8 Å². The van der Waals surface area contributed by atoms with Crippen LogP contribution in [0.3, 0.4) is 0 Å². The molecule has 156 valence electrons. The Bertz CT molecular complexity index is 874. The number of hydrogen-bond donors (Lipinski definition) is 1. The van der Waals surface area contributed by atoms with E-state index in [9.17, 15) is 18.0 Å². The fourth-order valence-electron chi connectivity index (χ4n) is 3.79. The van der Waals surface area contributed by atoms with Crippen LogP contribution in [0.2, 0.25) is 0 Å². The van der Waals surface area contributed by atoms with E-state index in [4.69, 9.17) is 9.84 Å². The van der Waals surface area contributed by atoms with Crippen molar-refractivity contribution in [1.82, 2.24) is 19.7 Å². The van der Waals surface area contributed by atoms with Crippen LogP contribution in [-0.2, 0) is 4.74 Å². The Morgan fingerprint density at radius 1 is 1.31 bits per heavy atom. The summed E-state index contributed by atoms with van der Waals surface area (Å²) in [7, 11) is 1.56. The van der Waals surface area contributed by atoms with Gasteiger partial charge in [-0.1, -0.05) is 0 Å². The minimum absolute atomic E-state index is 0.133. The van der Waals surface area contributed by atoms with Crippen molar-refractivity contribution < 1.29 is 32.5 Å². The third kappa shape index (κ3) is 3.74. The number of nitrogens with zero attached hydrogens (tertiary/aromatic N) is 4. The van der Waals surface area contributed by atoms with Gasteiger partial charge in [-0.2, -0.15) is 18.3 Å². The Balaban J connectivity index is 1.35. The van der Waals surface area contributed by atoms with E-state index >= 15 is 0 Å². The molecule has 1 N–H and O–H groups in total. The number of fused-ring (bicyclic) bond motifs is 1. The van der Waals surface area contributed by atoms with E-state index < -0.39 is 25.0 Å². The largest absolute Gasteiger partial charge is 0.495 e. The molecule has 1 aliphatic carbocycles. The maximum Gasteiger partial charge on any atom is 0.427 e. The van der Waals surface area contributed by atoms with Crippen LogP contribution in [0.5, 0.6) is 5.75 Å². The molecule has 0 bridgehead atoms. The van der Waals surface area contributed by atoms with Crippen LogP contribution < -0.4 is 4.74 Å². The lowest BCUT2D eigenvalue weighted by molar-refractivity contribution is -0.214. The van der Waals surface area contributed by atoms with Crippen LogP contribution in [0.4, 0.5) is 18.0 Å².